The first-order chi connectivity index (χ1) is 8.56. The molecule has 6 nitrogen and oxygen atoms in total. The number of nitrogens with one attached hydrogen (secondary N) is 1. The molecule has 2 aromatic rings. The third-order valence-electron chi connectivity index (χ3n) is 2.03. The lowest BCUT2D eigenvalue weighted by Gasteiger charge is -2.01. The van der Waals surface area contributed by atoms with E-state index in [4.69, 9.17) is 18.0 Å². The van der Waals surface area contributed by atoms with Crippen LogP contribution in [0, 0.1) is 6.92 Å². The molecule has 0 unspecified atom stereocenters. The van der Waals surface area contributed by atoms with Gasteiger partial charge in [-0.1, -0.05) is 23.6 Å². The lowest BCUT2D eigenvalue weighted by atomic mass is 10.2. The zero-order chi connectivity index (χ0) is 13.1. The third-order valence-corrected chi connectivity index (χ3v) is 3.02. The van der Waals surface area contributed by atoms with Crippen molar-refractivity contribution in [1.82, 2.24) is 15.2 Å². The molecule has 0 aliphatic carbocycles. The second-order valence-electron chi connectivity index (χ2n) is 3.38. The second-order valence-corrected chi connectivity index (χ2v) is 5.00. The molecule has 0 spiro atoms. The van der Waals surface area contributed by atoms with Crippen molar-refractivity contribution >= 4 is 39.6 Å². The van der Waals surface area contributed by atoms with Gasteiger partial charge in [0, 0.05) is 11.8 Å². The molecule has 2 aromatic heterocycles. The van der Waals surface area contributed by atoms with E-state index in [1.165, 1.54) is 17.5 Å². The van der Waals surface area contributed by atoms with Gasteiger partial charge in [-0.15, -0.1) is 10.2 Å². The minimum Gasteiger partial charge on any atom is -0.389 e. The van der Waals surface area contributed by atoms with E-state index in [1.807, 2.05) is 6.92 Å². The number of carbonyl (C=O) groups excluding carboxylic acids is 1. The van der Waals surface area contributed by atoms with Crippen molar-refractivity contribution in [2.75, 3.05) is 5.32 Å². The molecule has 0 fully saturated rings. The summed E-state index contributed by atoms with van der Waals surface area (Å²) in [5, 5.41) is 11.4. The van der Waals surface area contributed by atoms with E-state index in [0.717, 1.165) is 5.01 Å². The molecule has 0 atom stereocenters. The maximum Gasteiger partial charge on any atom is 0.276 e. The molecule has 1 amide bonds. The molecule has 0 aliphatic heterocycles. The van der Waals surface area contributed by atoms with Crippen LogP contribution in [-0.4, -0.2) is 26.1 Å². The van der Waals surface area contributed by atoms with Crippen molar-refractivity contribution in [3.63, 3.8) is 0 Å². The molecule has 3 N–H and O–H groups in total. The summed E-state index contributed by atoms with van der Waals surface area (Å²) in [6.07, 6.45) is 1.46. The topological polar surface area (TPSA) is 93.8 Å². The molecule has 2 heterocycles. The number of hydrogen-bond donors (Lipinski definition) is 2. The minimum absolute atomic E-state index is 0.245. The average molecular weight is 279 g/mol. The highest BCUT2D eigenvalue weighted by atomic mass is 32.1. The number of amides is 1. The van der Waals surface area contributed by atoms with Gasteiger partial charge in [-0.2, -0.15) is 0 Å². The average Bonchev–Trinajstić information content (AvgIpc) is 2.75. The Hall–Kier alpha value is -1.93. The van der Waals surface area contributed by atoms with Gasteiger partial charge in [-0.25, -0.2) is 0 Å². The molecule has 0 bridgehead atoms. The minimum atomic E-state index is -0.347. The monoisotopic (exact) mass is 279 g/mol. The zero-order valence-corrected chi connectivity index (χ0v) is 11.0. The van der Waals surface area contributed by atoms with Gasteiger partial charge < -0.3 is 5.73 Å². The van der Waals surface area contributed by atoms with E-state index >= 15 is 0 Å². The van der Waals surface area contributed by atoms with Gasteiger partial charge in [0.05, 0.1) is 0 Å². The first kappa shape index (κ1) is 12.5. The normalized spacial score (nSPS) is 10.1. The van der Waals surface area contributed by atoms with E-state index in [1.54, 1.807) is 12.1 Å². The van der Waals surface area contributed by atoms with Gasteiger partial charge in [0.25, 0.3) is 5.91 Å². The molecule has 0 saturated heterocycles. The molecular formula is C10H9N5OS2. The molecule has 0 aliphatic rings. The van der Waals surface area contributed by atoms with Crippen LogP contribution in [-0.2, 0) is 0 Å². The van der Waals surface area contributed by atoms with Crippen LogP contribution in [0.25, 0.3) is 0 Å². The highest BCUT2D eigenvalue weighted by Crippen LogP contribution is 2.14. The maximum absolute atomic E-state index is 11.8. The summed E-state index contributed by atoms with van der Waals surface area (Å²) >= 11 is 6.10. The lowest BCUT2D eigenvalue weighted by Crippen LogP contribution is -2.15. The molecule has 0 aromatic carbocycles. The Labute approximate surface area is 112 Å². The summed E-state index contributed by atoms with van der Waals surface area (Å²) < 4.78 is 0. The van der Waals surface area contributed by atoms with E-state index in [2.05, 4.69) is 20.5 Å². The van der Waals surface area contributed by atoms with Crippen LogP contribution in [0.4, 0.5) is 5.13 Å². The maximum atomic E-state index is 11.8. The van der Waals surface area contributed by atoms with Gasteiger partial charge in [0.1, 0.15) is 15.7 Å². The summed E-state index contributed by atoms with van der Waals surface area (Å²) in [5.74, 6) is -0.347. The Bertz CT molecular complexity index is 593. The van der Waals surface area contributed by atoms with E-state index in [9.17, 15) is 4.79 Å². The number of anilines is 1. The molecule has 18 heavy (non-hydrogen) atoms. The number of nitrogens with two attached hydrogens (primary N) is 1. The fourth-order valence-electron chi connectivity index (χ4n) is 1.18. The highest BCUT2D eigenvalue weighted by Gasteiger charge is 2.10. The predicted octanol–water partition coefficient (Wildman–Crippen LogP) is 1.13. The molecule has 0 radical (unpaired) electrons. The second kappa shape index (κ2) is 5.15. The highest BCUT2D eigenvalue weighted by molar-refractivity contribution is 7.80. The van der Waals surface area contributed by atoms with E-state index < -0.39 is 0 Å². The SMILES string of the molecule is Cc1nnc(NC(=O)c2ccc(C(N)=S)cn2)s1. The van der Waals surface area contributed by atoms with E-state index in [-0.39, 0.29) is 16.6 Å². The third kappa shape index (κ3) is 2.84. The van der Waals surface area contributed by atoms with Crippen LogP contribution in [0.1, 0.15) is 21.1 Å². The van der Waals surface area contributed by atoms with Crippen LogP contribution >= 0.6 is 23.6 Å². The lowest BCUT2D eigenvalue weighted by molar-refractivity contribution is 0.102. The van der Waals surface area contributed by atoms with Gasteiger partial charge in [0.15, 0.2) is 0 Å². The fraction of sp³-hybridized carbons (Fsp3) is 0.100. The molecule has 92 valence electrons. The Morgan fingerprint density at radius 2 is 2.22 bits per heavy atom. The number of nitrogens with zero attached hydrogens (tertiary/aromatic N) is 3. The largest absolute Gasteiger partial charge is 0.389 e. The van der Waals surface area contributed by atoms with Crippen molar-refractivity contribution in [2.45, 2.75) is 6.92 Å². The molecule has 8 heteroatoms. The number of pyridine rings is 1. The summed E-state index contributed by atoms with van der Waals surface area (Å²) in [6, 6.07) is 3.20. The first-order valence-electron chi connectivity index (χ1n) is 4.93. The van der Waals surface area contributed by atoms with Crippen LogP contribution in [0.5, 0.6) is 0 Å². The Kier molecular flexibility index (Phi) is 3.58. The molecule has 0 saturated carbocycles. The van der Waals surface area contributed by atoms with Gasteiger partial charge in [0.2, 0.25) is 5.13 Å². The smallest absolute Gasteiger partial charge is 0.276 e. The number of thiocarbonyl (C=S) groups is 1. The Morgan fingerprint density at radius 3 is 2.72 bits per heavy atom. The standard InChI is InChI=1S/C10H9N5OS2/c1-5-14-15-10(18-5)13-9(16)7-3-2-6(4-12-7)8(11)17/h2-4H,1H3,(H2,11,17)(H,13,15,16). The summed E-state index contributed by atoms with van der Waals surface area (Å²) in [7, 11) is 0. The van der Waals surface area contributed by atoms with Gasteiger partial charge in [-0.3, -0.25) is 15.1 Å². The fourth-order valence-corrected chi connectivity index (χ4v) is 1.89. The Morgan fingerprint density at radius 1 is 1.44 bits per heavy atom. The quantitative estimate of drug-likeness (QED) is 0.818. The Balaban J connectivity index is 2.11. The van der Waals surface area contributed by atoms with Crippen molar-refractivity contribution in [2.24, 2.45) is 5.73 Å². The number of carbonyl (C=O) groups is 1. The predicted molar refractivity (Wildman–Crippen MR) is 72.7 cm³/mol. The van der Waals surface area contributed by atoms with Crippen molar-refractivity contribution in [1.29, 1.82) is 0 Å². The van der Waals surface area contributed by atoms with Gasteiger partial charge in [-0.05, 0) is 19.1 Å². The molecular weight excluding hydrogens is 270 g/mol. The van der Waals surface area contributed by atoms with E-state index in [0.29, 0.717) is 10.7 Å². The van der Waals surface area contributed by atoms with Crippen LogP contribution in [0.15, 0.2) is 18.3 Å². The summed E-state index contributed by atoms with van der Waals surface area (Å²) in [5.41, 5.74) is 6.33. The van der Waals surface area contributed by atoms with Crippen molar-refractivity contribution < 1.29 is 4.79 Å². The molecule has 2 rings (SSSR count). The number of hydrogen-bond acceptors (Lipinski definition) is 6. The van der Waals surface area contributed by atoms with Crippen LogP contribution in [0.3, 0.4) is 0 Å². The van der Waals surface area contributed by atoms with Crippen LogP contribution < -0.4 is 11.1 Å². The first-order valence-corrected chi connectivity index (χ1v) is 6.16. The van der Waals surface area contributed by atoms with Gasteiger partial charge >= 0.3 is 0 Å². The zero-order valence-electron chi connectivity index (χ0n) is 9.38. The summed E-state index contributed by atoms with van der Waals surface area (Å²) in [4.78, 5) is 16.0. The number of aromatic nitrogens is 3. The van der Waals surface area contributed by atoms with Crippen molar-refractivity contribution in [3.05, 3.63) is 34.6 Å². The summed E-state index contributed by atoms with van der Waals surface area (Å²) in [6.45, 7) is 1.81. The number of aryl methyl sites for hydroxylation is 1. The number of rotatable bonds is 3. The van der Waals surface area contributed by atoms with Crippen LogP contribution in [0.2, 0.25) is 0 Å². The van der Waals surface area contributed by atoms with Crippen molar-refractivity contribution in [3.8, 4) is 0 Å².